The number of hydrogen-bond acceptors (Lipinski definition) is 8. The predicted octanol–water partition coefficient (Wildman–Crippen LogP) is 1.46. The number of halogens is 3. The van der Waals surface area contributed by atoms with Gasteiger partial charge in [0.2, 0.25) is 5.43 Å². The maximum Gasteiger partial charge on any atom is 0.277 e. The molecule has 0 saturated carbocycles. The lowest BCUT2D eigenvalue weighted by atomic mass is 10.1. The Bertz CT molecular complexity index is 1320. The van der Waals surface area contributed by atoms with E-state index in [-0.39, 0.29) is 39.9 Å². The van der Waals surface area contributed by atoms with Gasteiger partial charge < -0.3 is 14.7 Å². The number of aromatic nitrogens is 3. The highest BCUT2D eigenvalue weighted by Gasteiger charge is 2.40. The minimum absolute atomic E-state index is 0.0253. The summed E-state index contributed by atoms with van der Waals surface area (Å²) < 4.78 is 48.0. The van der Waals surface area contributed by atoms with Crippen molar-refractivity contribution in [1.82, 2.24) is 19.8 Å². The molecule has 33 heavy (non-hydrogen) atoms. The van der Waals surface area contributed by atoms with Gasteiger partial charge in [-0.2, -0.15) is 0 Å². The standard InChI is InChI=1S/C20H16F3N5O4S/c1-26-15-8-32-3-2-27(15)28-7-11(17(29)18(30)16(28)20(26)31)19-25-24-14(33-19)6-10-12(22)4-9(21)5-13(10)23/h4-5,7,15,30H,2-3,6,8H2,1H3/t15-/m1/s1. The third kappa shape index (κ3) is 3.43. The van der Waals surface area contributed by atoms with Gasteiger partial charge in [-0.15, -0.1) is 10.2 Å². The minimum atomic E-state index is -1.06. The molecule has 1 atom stereocenters. The molecular weight excluding hydrogens is 463 g/mol. The summed E-state index contributed by atoms with van der Waals surface area (Å²) in [6.07, 6.45) is 0.662. The highest BCUT2D eigenvalue weighted by Crippen LogP contribution is 2.30. The number of fused-ring (bicyclic) bond motifs is 3. The Morgan fingerprint density at radius 2 is 1.94 bits per heavy atom. The van der Waals surface area contributed by atoms with E-state index in [9.17, 15) is 27.9 Å². The van der Waals surface area contributed by atoms with Crippen molar-refractivity contribution in [3.8, 4) is 16.3 Å². The molecule has 0 bridgehead atoms. The number of rotatable bonds is 3. The van der Waals surface area contributed by atoms with Crippen molar-refractivity contribution in [2.24, 2.45) is 0 Å². The van der Waals surface area contributed by atoms with Crippen molar-refractivity contribution in [3.05, 3.63) is 62.3 Å². The molecule has 2 aliphatic heterocycles. The average Bonchev–Trinajstić information content (AvgIpc) is 3.25. The maximum atomic E-state index is 14.0. The molecule has 13 heteroatoms. The van der Waals surface area contributed by atoms with Crippen LogP contribution in [0.15, 0.2) is 23.1 Å². The molecule has 172 valence electrons. The second kappa shape index (κ2) is 7.85. The van der Waals surface area contributed by atoms with Crippen molar-refractivity contribution < 1.29 is 27.8 Å². The molecule has 4 heterocycles. The molecular formula is C20H16F3N5O4S. The first kappa shape index (κ1) is 21.4. The summed E-state index contributed by atoms with van der Waals surface area (Å²) >= 11 is 0.894. The third-order valence-corrected chi connectivity index (χ3v) is 6.57. The molecule has 2 aliphatic rings. The normalized spacial score (nSPS) is 17.8. The summed E-state index contributed by atoms with van der Waals surface area (Å²) in [7, 11) is 1.56. The highest BCUT2D eigenvalue weighted by molar-refractivity contribution is 7.14. The second-order valence-electron chi connectivity index (χ2n) is 7.57. The molecule has 1 saturated heterocycles. The zero-order valence-electron chi connectivity index (χ0n) is 17.1. The van der Waals surface area contributed by atoms with Crippen molar-refractivity contribution in [2.45, 2.75) is 12.6 Å². The van der Waals surface area contributed by atoms with Gasteiger partial charge in [0.05, 0.1) is 25.3 Å². The Morgan fingerprint density at radius 3 is 2.67 bits per heavy atom. The quantitative estimate of drug-likeness (QED) is 0.607. The summed E-state index contributed by atoms with van der Waals surface area (Å²) in [5.74, 6) is -4.43. The number of carbonyl (C=O) groups is 1. The summed E-state index contributed by atoms with van der Waals surface area (Å²) in [4.78, 5) is 27.0. The van der Waals surface area contributed by atoms with Crippen LogP contribution in [0.2, 0.25) is 0 Å². The van der Waals surface area contributed by atoms with Gasteiger partial charge in [-0.25, -0.2) is 13.2 Å². The molecule has 5 rings (SSSR count). The number of nitrogens with zero attached hydrogens (tertiary/aromatic N) is 5. The lowest BCUT2D eigenvalue weighted by Gasteiger charge is -2.47. The lowest BCUT2D eigenvalue weighted by Crippen LogP contribution is -2.64. The molecule has 0 radical (unpaired) electrons. The largest absolute Gasteiger partial charge is 0.502 e. The zero-order valence-corrected chi connectivity index (χ0v) is 17.9. The molecule has 2 aromatic heterocycles. The van der Waals surface area contributed by atoms with Crippen molar-refractivity contribution >= 4 is 17.2 Å². The second-order valence-corrected chi connectivity index (χ2v) is 8.64. The molecule has 0 unspecified atom stereocenters. The Balaban J connectivity index is 1.56. The van der Waals surface area contributed by atoms with Gasteiger partial charge in [0, 0.05) is 37.4 Å². The van der Waals surface area contributed by atoms with E-state index in [0.29, 0.717) is 25.3 Å². The highest BCUT2D eigenvalue weighted by atomic mass is 32.1. The summed E-state index contributed by atoms with van der Waals surface area (Å²) in [6, 6.07) is 1.14. The van der Waals surface area contributed by atoms with Crippen LogP contribution in [0.1, 0.15) is 21.1 Å². The Kier molecular flexibility index (Phi) is 5.09. The molecule has 3 aromatic rings. The average molecular weight is 479 g/mol. The number of pyridine rings is 1. The van der Waals surface area contributed by atoms with Gasteiger partial charge in [-0.1, -0.05) is 11.3 Å². The monoisotopic (exact) mass is 479 g/mol. The summed E-state index contributed by atoms with van der Waals surface area (Å²) in [5, 5.41) is 20.5. The van der Waals surface area contributed by atoms with Crippen LogP contribution < -0.4 is 10.4 Å². The van der Waals surface area contributed by atoms with Crippen LogP contribution in [0, 0.1) is 17.5 Å². The van der Waals surface area contributed by atoms with Crippen LogP contribution in [-0.2, 0) is 11.2 Å². The van der Waals surface area contributed by atoms with Crippen LogP contribution in [-0.4, -0.2) is 63.8 Å². The fourth-order valence-corrected chi connectivity index (χ4v) is 4.78. The zero-order chi connectivity index (χ0) is 23.4. The number of ether oxygens (including phenoxy) is 1. The summed E-state index contributed by atoms with van der Waals surface area (Å²) in [5.41, 5.74) is -1.40. The number of benzene rings is 1. The molecule has 0 spiro atoms. The van der Waals surface area contributed by atoms with E-state index in [0.717, 1.165) is 11.3 Å². The first-order valence-corrected chi connectivity index (χ1v) is 10.6. The van der Waals surface area contributed by atoms with E-state index >= 15 is 0 Å². The smallest absolute Gasteiger partial charge is 0.277 e. The van der Waals surface area contributed by atoms with E-state index < -0.39 is 40.7 Å². The van der Waals surface area contributed by atoms with Gasteiger partial charge in [-0.05, 0) is 0 Å². The minimum Gasteiger partial charge on any atom is -0.502 e. The van der Waals surface area contributed by atoms with E-state index in [2.05, 4.69) is 10.2 Å². The van der Waals surface area contributed by atoms with E-state index in [1.165, 1.54) is 15.8 Å². The number of hydrogen-bond donors (Lipinski definition) is 1. The fraction of sp³-hybridized carbons (Fsp3) is 0.300. The van der Waals surface area contributed by atoms with Crippen molar-refractivity contribution in [2.75, 3.05) is 31.8 Å². The molecule has 1 aromatic carbocycles. The van der Waals surface area contributed by atoms with Gasteiger partial charge in [0.1, 0.15) is 28.6 Å². The molecule has 1 amide bonds. The topological polar surface area (TPSA) is 101 Å². The number of likely N-dealkylation sites (N-methyl/N-ethyl adjacent to an activating group) is 1. The number of carbonyl (C=O) groups excluding carboxylic acids is 1. The number of aromatic hydroxyl groups is 1. The number of morpholine rings is 1. The van der Waals surface area contributed by atoms with Gasteiger partial charge in [-0.3, -0.25) is 19.3 Å². The van der Waals surface area contributed by atoms with Crippen LogP contribution >= 0.6 is 11.3 Å². The van der Waals surface area contributed by atoms with Crippen molar-refractivity contribution in [3.63, 3.8) is 0 Å². The first-order valence-electron chi connectivity index (χ1n) is 9.83. The predicted molar refractivity (Wildman–Crippen MR) is 110 cm³/mol. The first-order chi connectivity index (χ1) is 15.8. The van der Waals surface area contributed by atoms with Crippen LogP contribution in [0.3, 0.4) is 0 Å². The maximum absolute atomic E-state index is 14.0. The SMILES string of the molecule is CN1C(=O)c2c(O)c(=O)c(-c3nnc(Cc4c(F)cc(F)cc4F)s3)cn2N2CCOC[C@H]12. The van der Waals surface area contributed by atoms with Crippen LogP contribution in [0.5, 0.6) is 5.75 Å². The fourth-order valence-electron chi connectivity index (χ4n) is 3.92. The van der Waals surface area contributed by atoms with Gasteiger partial charge >= 0.3 is 0 Å². The van der Waals surface area contributed by atoms with E-state index in [4.69, 9.17) is 4.74 Å². The summed E-state index contributed by atoms with van der Waals surface area (Å²) in [6.45, 7) is 1.04. The van der Waals surface area contributed by atoms with Gasteiger partial charge in [0.15, 0.2) is 16.5 Å². The van der Waals surface area contributed by atoms with E-state index in [1.807, 2.05) is 0 Å². The van der Waals surface area contributed by atoms with Crippen molar-refractivity contribution in [1.29, 1.82) is 0 Å². The molecule has 9 nitrogen and oxygen atoms in total. The Hall–Kier alpha value is -3.45. The van der Waals surface area contributed by atoms with Gasteiger partial charge in [0.25, 0.3) is 5.91 Å². The van der Waals surface area contributed by atoms with Crippen LogP contribution in [0.25, 0.3) is 10.6 Å². The Morgan fingerprint density at radius 1 is 1.21 bits per heavy atom. The van der Waals surface area contributed by atoms with Crippen LogP contribution in [0.4, 0.5) is 13.2 Å². The Labute approximate surface area is 188 Å². The molecule has 1 fully saturated rings. The molecule has 0 aliphatic carbocycles. The van der Waals surface area contributed by atoms with E-state index in [1.54, 1.807) is 12.1 Å². The lowest BCUT2D eigenvalue weighted by molar-refractivity contribution is 0.0122. The molecule has 1 N–H and O–H groups in total. The number of amides is 1. The third-order valence-electron chi connectivity index (χ3n) is 5.62.